The van der Waals surface area contributed by atoms with Crippen LogP contribution < -0.4 is 10.1 Å². The molecule has 0 radical (unpaired) electrons. The molecule has 96 valence electrons. The number of aromatic nitrogens is 1. The molecule has 0 saturated heterocycles. The third-order valence-electron chi connectivity index (χ3n) is 2.32. The summed E-state index contributed by atoms with van der Waals surface area (Å²) in [5, 5.41) is 3.62. The third kappa shape index (κ3) is 3.03. The Labute approximate surface area is 102 Å². The van der Waals surface area contributed by atoms with Gasteiger partial charge in [-0.3, -0.25) is 0 Å². The summed E-state index contributed by atoms with van der Waals surface area (Å²) in [7, 11) is 1.75. The van der Waals surface area contributed by atoms with Crippen LogP contribution in [0.1, 0.15) is 0 Å². The van der Waals surface area contributed by atoms with Crippen LogP contribution >= 0.6 is 0 Å². The molecule has 0 bridgehead atoms. The summed E-state index contributed by atoms with van der Waals surface area (Å²) in [6, 6.07) is 8.15. The number of nitrogens with zero attached hydrogens (tertiary/aromatic N) is 1. The van der Waals surface area contributed by atoms with Crippen LogP contribution in [-0.4, -0.2) is 24.8 Å². The van der Waals surface area contributed by atoms with Gasteiger partial charge in [-0.2, -0.15) is 13.2 Å². The molecule has 0 aliphatic rings. The van der Waals surface area contributed by atoms with E-state index in [1.165, 1.54) is 12.1 Å². The first-order valence-corrected chi connectivity index (χ1v) is 5.26. The molecule has 1 heterocycles. The summed E-state index contributed by atoms with van der Waals surface area (Å²) >= 11 is 0. The highest BCUT2D eigenvalue weighted by molar-refractivity contribution is 5.81. The van der Waals surface area contributed by atoms with Crippen LogP contribution in [0.15, 0.2) is 30.3 Å². The minimum Gasteiger partial charge on any atom is -0.484 e. The zero-order valence-corrected chi connectivity index (χ0v) is 9.58. The van der Waals surface area contributed by atoms with Gasteiger partial charge in [-0.05, 0) is 30.3 Å². The van der Waals surface area contributed by atoms with E-state index in [2.05, 4.69) is 15.0 Å². The Morgan fingerprint density at radius 1 is 1.22 bits per heavy atom. The zero-order chi connectivity index (χ0) is 13.2. The molecule has 0 unspecified atom stereocenters. The summed E-state index contributed by atoms with van der Waals surface area (Å²) < 4.78 is 40.7. The van der Waals surface area contributed by atoms with Crippen molar-refractivity contribution < 1.29 is 17.9 Å². The molecule has 18 heavy (non-hydrogen) atoms. The molecule has 0 spiro atoms. The van der Waals surface area contributed by atoms with Gasteiger partial charge in [-0.25, -0.2) is 4.98 Å². The number of ether oxygens (including phenoxy) is 1. The second kappa shape index (κ2) is 4.72. The van der Waals surface area contributed by atoms with Gasteiger partial charge in [0.1, 0.15) is 11.6 Å². The quantitative estimate of drug-likeness (QED) is 0.915. The van der Waals surface area contributed by atoms with Crippen LogP contribution in [0.4, 0.5) is 19.0 Å². The molecule has 0 saturated carbocycles. The van der Waals surface area contributed by atoms with Crippen molar-refractivity contribution in [3.05, 3.63) is 30.3 Å². The van der Waals surface area contributed by atoms with Crippen LogP contribution in [0.3, 0.4) is 0 Å². The Bertz CT molecular complexity index is 555. The third-order valence-corrected chi connectivity index (χ3v) is 2.32. The molecular formula is C12H11F3N2O. The predicted molar refractivity (Wildman–Crippen MR) is 62.8 cm³/mol. The van der Waals surface area contributed by atoms with Crippen molar-refractivity contribution in [1.29, 1.82) is 0 Å². The Kier molecular flexibility index (Phi) is 3.27. The predicted octanol–water partition coefficient (Wildman–Crippen LogP) is 3.22. The number of hydrogen-bond acceptors (Lipinski definition) is 3. The topological polar surface area (TPSA) is 34.1 Å². The zero-order valence-electron chi connectivity index (χ0n) is 9.58. The van der Waals surface area contributed by atoms with E-state index in [4.69, 9.17) is 0 Å². The highest BCUT2D eigenvalue weighted by Gasteiger charge is 2.28. The molecule has 0 aliphatic heterocycles. The maximum absolute atomic E-state index is 12.0. The fourth-order valence-corrected chi connectivity index (χ4v) is 1.50. The van der Waals surface area contributed by atoms with E-state index in [1.54, 1.807) is 25.2 Å². The highest BCUT2D eigenvalue weighted by Crippen LogP contribution is 2.23. The first-order chi connectivity index (χ1) is 8.48. The van der Waals surface area contributed by atoms with Crippen molar-refractivity contribution in [1.82, 2.24) is 4.98 Å². The molecule has 0 atom stereocenters. The molecule has 1 aromatic carbocycles. The van der Waals surface area contributed by atoms with E-state index in [-0.39, 0.29) is 5.75 Å². The molecule has 2 rings (SSSR count). The molecule has 2 aromatic rings. The van der Waals surface area contributed by atoms with Gasteiger partial charge < -0.3 is 10.1 Å². The molecule has 1 aromatic heterocycles. The lowest BCUT2D eigenvalue weighted by molar-refractivity contribution is -0.153. The highest BCUT2D eigenvalue weighted by atomic mass is 19.4. The van der Waals surface area contributed by atoms with E-state index >= 15 is 0 Å². The summed E-state index contributed by atoms with van der Waals surface area (Å²) in [6.07, 6.45) is -4.33. The SMILES string of the molecule is CNc1ccc2cc(OCC(F)(F)F)ccc2n1. The number of fused-ring (bicyclic) bond motifs is 1. The largest absolute Gasteiger partial charge is 0.484 e. The maximum atomic E-state index is 12.0. The number of halogens is 3. The van der Waals surface area contributed by atoms with Gasteiger partial charge in [0.25, 0.3) is 0 Å². The number of benzene rings is 1. The lowest BCUT2D eigenvalue weighted by Gasteiger charge is -2.09. The maximum Gasteiger partial charge on any atom is 0.422 e. The second-order valence-corrected chi connectivity index (χ2v) is 3.70. The van der Waals surface area contributed by atoms with E-state index in [0.29, 0.717) is 11.3 Å². The lowest BCUT2D eigenvalue weighted by atomic mass is 10.2. The van der Waals surface area contributed by atoms with Gasteiger partial charge in [0.15, 0.2) is 6.61 Å². The van der Waals surface area contributed by atoms with Crippen LogP contribution in [0.2, 0.25) is 0 Å². The number of rotatable bonds is 3. The molecule has 6 heteroatoms. The van der Waals surface area contributed by atoms with Crippen molar-refractivity contribution in [3.8, 4) is 5.75 Å². The minimum absolute atomic E-state index is 0.179. The Morgan fingerprint density at radius 2 is 2.00 bits per heavy atom. The molecular weight excluding hydrogens is 245 g/mol. The first-order valence-electron chi connectivity index (χ1n) is 5.26. The van der Waals surface area contributed by atoms with Crippen LogP contribution in [0, 0.1) is 0 Å². The van der Waals surface area contributed by atoms with Gasteiger partial charge >= 0.3 is 6.18 Å². The summed E-state index contributed by atoms with van der Waals surface area (Å²) in [5.74, 6) is 0.880. The van der Waals surface area contributed by atoms with E-state index < -0.39 is 12.8 Å². The van der Waals surface area contributed by atoms with E-state index in [1.807, 2.05) is 0 Å². The Balaban J connectivity index is 2.22. The van der Waals surface area contributed by atoms with E-state index in [0.717, 1.165) is 5.39 Å². The van der Waals surface area contributed by atoms with Gasteiger partial charge in [-0.1, -0.05) is 0 Å². The first kappa shape index (κ1) is 12.5. The van der Waals surface area contributed by atoms with Crippen molar-refractivity contribution in [2.75, 3.05) is 19.0 Å². The number of hydrogen-bond donors (Lipinski definition) is 1. The normalized spacial score (nSPS) is 11.6. The van der Waals surface area contributed by atoms with E-state index in [9.17, 15) is 13.2 Å². The summed E-state index contributed by atoms with van der Waals surface area (Å²) in [4.78, 5) is 4.25. The number of alkyl halides is 3. The van der Waals surface area contributed by atoms with Gasteiger partial charge in [0, 0.05) is 12.4 Å². The van der Waals surface area contributed by atoms with Gasteiger partial charge in [0.05, 0.1) is 5.52 Å². The van der Waals surface area contributed by atoms with Gasteiger partial charge in [0.2, 0.25) is 0 Å². The number of nitrogens with one attached hydrogen (secondary N) is 1. The second-order valence-electron chi connectivity index (χ2n) is 3.70. The average molecular weight is 256 g/mol. The molecule has 1 N–H and O–H groups in total. The smallest absolute Gasteiger partial charge is 0.422 e. The number of pyridine rings is 1. The molecule has 0 fully saturated rings. The fourth-order valence-electron chi connectivity index (χ4n) is 1.50. The van der Waals surface area contributed by atoms with Crippen molar-refractivity contribution in [2.24, 2.45) is 0 Å². The van der Waals surface area contributed by atoms with Crippen LogP contribution in [0.5, 0.6) is 5.75 Å². The monoisotopic (exact) mass is 256 g/mol. The standard InChI is InChI=1S/C12H11F3N2O/c1-16-11-5-2-8-6-9(3-4-10(8)17-11)18-7-12(13,14)15/h2-6H,7H2,1H3,(H,16,17). The minimum atomic E-state index is -4.33. The van der Waals surface area contributed by atoms with Crippen molar-refractivity contribution in [3.63, 3.8) is 0 Å². The average Bonchev–Trinajstić information content (AvgIpc) is 2.34. The number of anilines is 1. The Morgan fingerprint density at radius 3 is 2.67 bits per heavy atom. The van der Waals surface area contributed by atoms with Crippen LogP contribution in [-0.2, 0) is 0 Å². The Hall–Kier alpha value is -1.98. The summed E-state index contributed by atoms with van der Waals surface area (Å²) in [5.41, 5.74) is 0.696. The van der Waals surface area contributed by atoms with Crippen molar-refractivity contribution in [2.45, 2.75) is 6.18 Å². The molecule has 3 nitrogen and oxygen atoms in total. The molecule has 0 amide bonds. The molecule has 0 aliphatic carbocycles. The van der Waals surface area contributed by atoms with Crippen LogP contribution in [0.25, 0.3) is 10.9 Å². The van der Waals surface area contributed by atoms with Gasteiger partial charge in [-0.15, -0.1) is 0 Å². The fraction of sp³-hybridized carbons (Fsp3) is 0.250. The summed E-state index contributed by atoms with van der Waals surface area (Å²) in [6.45, 7) is -1.29. The lowest BCUT2D eigenvalue weighted by Crippen LogP contribution is -2.19. The van der Waals surface area contributed by atoms with Crippen molar-refractivity contribution >= 4 is 16.7 Å².